The quantitative estimate of drug-likeness (QED) is 0.0503. The van der Waals surface area contributed by atoms with E-state index in [1.165, 1.54) is 0 Å². The molecule has 3 amide bonds. The largest absolute Gasteiger partial charge is 0.480 e. The lowest BCUT2D eigenvalue weighted by Crippen LogP contribution is -2.32. The molecule has 0 spiro atoms. The summed E-state index contributed by atoms with van der Waals surface area (Å²) >= 11 is 3.76. The lowest BCUT2D eigenvalue weighted by atomic mass is 10.1. The highest BCUT2D eigenvalue weighted by Gasteiger charge is 2.14. The molecule has 14 heteroatoms. The summed E-state index contributed by atoms with van der Waals surface area (Å²) < 4.78 is 23.2. The molecule has 0 heterocycles. The molecule has 0 aromatic heterocycles. The van der Waals surface area contributed by atoms with Gasteiger partial charge in [0.1, 0.15) is 19.3 Å². The smallest absolute Gasteiger partial charge is 0.321 e. The summed E-state index contributed by atoms with van der Waals surface area (Å²) in [5, 5.41) is 16.6. The molecular weight excluding hydrogens is 460 g/mol. The van der Waals surface area contributed by atoms with Crippen molar-refractivity contribution in [3.05, 3.63) is 0 Å². The second kappa shape index (κ2) is 23.2. The molecule has 0 fully saturated rings. The van der Waals surface area contributed by atoms with E-state index in [-0.39, 0.29) is 44.8 Å². The third-order valence-electron chi connectivity index (χ3n) is 3.95. The number of rotatable bonds is 24. The van der Waals surface area contributed by atoms with Crippen molar-refractivity contribution >= 4 is 37.0 Å². The standard InChI is InChI=1S/C19H36N4O9S/c24-15-20-5-7-29-9-11-32-14-18(26)22-6-8-30-10-12-31-13-17(25)21-4-2-1-3-16(23-33)19(27)28/h15-16,23,33H,1-14H2,(H,20,24)(H,21,25)(H,22,26)(H,27,28). The van der Waals surface area contributed by atoms with Crippen LogP contribution >= 0.6 is 12.8 Å². The van der Waals surface area contributed by atoms with Gasteiger partial charge in [-0.2, -0.15) is 0 Å². The summed E-state index contributed by atoms with van der Waals surface area (Å²) in [4.78, 5) is 44.0. The highest BCUT2D eigenvalue weighted by atomic mass is 32.1. The summed E-state index contributed by atoms with van der Waals surface area (Å²) in [6, 6.07) is -0.705. The van der Waals surface area contributed by atoms with Crippen LogP contribution in [0.1, 0.15) is 19.3 Å². The van der Waals surface area contributed by atoms with Crippen LogP contribution in [0.5, 0.6) is 0 Å². The van der Waals surface area contributed by atoms with Crippen molar-refractivity contribution in [2.75, 3.05) is 72.5 Å². The van der Waals surface area contributed by atoms with E-state index in [9.17, 15) is 19.2 Å². The van der Waals surface area contributed by atoms with E-state index in [1.807, 2.05) is 0 Å². The van der Waals surface area contributed by atoms with E-state index in [4.69, 9.17) is 24.1 Å². The molecule has 1 unspecified atom stereocenters. The zero-order valence-corrected chi connectivity index (χ0v) is 19.6. The lowest BCUT2D eigenvalue weighted by molar-refractivity contribution is -0.139. The minimum absolute atomic E-state index is 0.0829. The van der Waals surface area contributed by atoms with Crippen molar-refractivity contribution < 1.29 is 43.2 Å². The molecule has 0 aromatic carbocycles. The Bertz CT molecular complexity index is 543. The zero-order valence-electron chi connectivity index (χ0n) is 18.7. The number of carbonyl (C=O) groups is 4. The number of carboxylic acids is 1. The maximum Gasteiger partial charge on any atom is 0.321 e. The molecule has 0 aliphatic heterocycles. The Balaban J connectivity index is 3.37. The Labute approximate surface area is 199 Å². The zero-order chi connectivity index (χ0) is 24.6. The van der Waals surface area contributed by atoms with Crippen LogP contribution in [0.15, 0.2) is 0 Å². The number of carboxylic acid groups (broad SMARTS) is 1. The first-order valence-corrected chi connectivity index (χ1v) is 11.1. The molecule has 0 saturated heterocycles. The fourth-order valence-electron chi connectivity index (χ4n) is 2.27. The average Bonchev–Trinajstić information content (AvgIpc) is 2.79. The molecule has 0 radical (unpaired) electrons. The van der Waals surface area contributed by atoms with Crippen LogP contribution in [0.4, 0.5) is 0 Å². The van der Waals surface area contributed by atoms with Crippen molar-refractivity contribution in [2.24, 2.45) is 0 Å². The van der Waals surface area contributed by atoms with Crippen LogP contribution in [0.25, 0.3) is 0 Å². The molecule has 33 heavy (non-hydrogen) atoms. The number of hydrogen-bond donors (Lipinski definition) is 6. The SMILES string of the molecule is O=CNCCOCCOCC(=O)NCCOCCOCC(=O)NCCCCC(NS)C(=O)O. The predicted octanol–water partition coefficient (Wildman–Crippen LogP) is -1.91. The number of thiol groups is 1. The van der Waals surface area contributed by atoms with Gasteiger partial charge in [0.15, 0.2) is 0 Å². The van der Waals surface area contributed by atoms with Gasteiger partial charge in [0.05, 0.1) is 39.6 Å². The molecule has 5 N–H and O–H groups in total. The average molecular weight is 497 g/mol. The molecule has 0 saturated carbocycles. The van der Waals surface area contributed by atoms with E-state index in [1.54, 1.807) is 0 Å². The molecule has 192 valence electrons. The van der Waals surface area contributed by atoms with Crippen LogP contribution in [-0.2, 0) is 38.1 Å². The maximum absolute atomic E-state index is 11.6. The second-order valence-electron chi connectivity index (χ2n) is 6.62. The molecule has 0 rings (SSSR count). The number of aliphatic carboxylic acids is 1. The minimum atomic E-state index is -0.958. The second-order valence-corrected chi connectivity index (χ2v) is 6.88. The van der Waals surface area contributed by atoms with E-state index in [2.05, 4.69) is 33.5 Å². The Hall–Kier alpha value is -1.97. The van der Waals surface area contributed by atoms with E-state index < -0.39 is 12.0 Å². The van der Waals surface area contributed by atoms with E-state index >= 15 is 0 Å². The summed E-state index contributed by atoms with van der Waals surface area (Å²) in [7, 11) is 0. The van der Waals surface area contributed by atoms with Gasteiger partial charge in [0.2, 0.25) is 18.2 Å². The summed E-state index contributed by atoms with van der Waals surface area (Å²) in [5.41, 5.74) is 0. The number of carbonyl (C=O) groups excluding carboxylic acids is 3. The van der Waals surface area contributed by atoms with Gasteiger partial charge in [0.25, 0.3) is 0 Å². The molecule has 13 nitrogen and oxygen atoms in total. The first-order chi connectivity index (χ1) is 16.0. The monoisotopic (exact) mass is 496 g/mol. The maximum atomic E-state index is 11.6. The van der Waals surface area contributed by atoms with Crippen LogP contribution in [0.3, 0.4) is 0 Å². The number of amides is 3. The molecular formula is C19H36N4O9S. The van der Waals surface area contributed by atoms with Gasteiger partial charge in [-0.1, -0.05) is 12.8 Å². The first-order valence-electron chi connectivity index (χ1n) is 10.6. The Morgan fingerprint density at radius 2 is 1.33 bits per heavy atom. The number of nitrogens with one attached hydrogen (secondary N) is 4. The summed E-state index contributed by atoms with van der Waals surface area (Å²) in [6.45, 7) is 2.81. The minimum Gasteiger partial charge on any atom is -0.480 e. The normalized spacial score (nSPS) is 11.5. The Morgan fingerprint density at radius 3 is 1.88 bits per heavy atom. The third-order valence-corrected chi connectivity index (χ3v) is 4.26. The van der Waals surface area contributed by atoms with E-state index in [0.29, 0.717) is 65.1 Å². The van der Waals surface area contributed by atoms with Crippen LogP contribution < -0.4 is 20.7 Å². The topological polar surface area (TPSA) is 174 Å². The van der Waals surface area contributed by atoms with Crippen LogP contribution in [-0.4, -0.2) is 108 Å². The predicted molar refractivity (Wildman–Crippen MR) is 121 cm³/mol. The van der Waals surface area contributed by atoms with Gasteiger partial charge in [-0.25, -0.2) is 0 Å². The lowest BCUT2D eigenvalue weighted by Gasteiger charge is -2.10. The number of unbranched alkanes of at least 4 members (excludes halogenated alkanes) is 1. The fourth-order valence-corrected chi connectivity index (χ4v) is 2.51. The molecule has 0 bridgehead atoms. The van der Waals surface area contributed by atoms with E-state index in [0.717, 1.165) is 0 Å². The molecule has 0 aliphatic rings. The summed E-state index contributed by atoms with van der Waals surface area (Å²) in [6.07, 6.45) is 2.31. The van der Waals surface area contributed by atoms with Crippen molar-refractivity contribution in [2.45, 2.75) is 25.3 Å². The highest BCUT2D eigenvalue weighted by molar-refractivity contribution is 7.78. The van der Waals surface area contributed by atoms with Gasteiger partial charge < -0.3 is 40.0 Å². The van der Waals surface area contributed by atoms with Crippen LogP contribution in [0, 0.1) is 0 Å². The van der Waals surface area contributed by atoms with Gasteiger partial charge >= 0.3 is 5.97 Å². The van der Waals surface area contributed by atoms with Crippen molar-refractivity contribution in [3.8, 4) is 0 Å². The van der Waals surface area contributed by atoms with Gasteiger partial charge in [-0.3, -0.25) is 23.9 Å². The van der Waals surface area contributed by atoms with Crippen molar-refractivity contribution in [3.63, 3.8) is 0 Å². The van der Waals surface area contributed by atoms with Crippen molar-refractivity contribution in [1.82, 2.24) is 20.7 Å². The fraction of sp³-hybridized carbons (Fsp3) is 0.789. The molecule has 0 aromatic rings. The molecule has 0 aliphatic carbocycles. The van der Waals surface area contributed by atoms with Crippen molar-refractivity contribution in [1.29, 1.82) is 0 Å². The number of ether oxygens (including phenoxy) is 4. The van der Waals surface area contributed by atoms with Gasteiger partial charge in [0, 0.05) is 19.6 Å². The van der Waals surface area contributed by atoms with Crippen LogP contribution in [0.2, 0.25) is 0 Å². The Morgan fingerprint density at radius 1 is 0.788 bits per heavy atom. The molecule has 1 atom stereocenters. The van der Waals surface area contributed by atoms with Gasteiger partial charge in [-0.15, -0.1) is 0 Å². The highest BCUT2D eigenvalue weighted by Crippen LogP contribution is 2.01. The Kier molecular flexibility index (Phi) is 21.8. The first kappa shape index (κ1) is 31.0. The summed E-state index contributed by atoms with van der Waals surface area (Å²) in [5.74, 6) is -1.48. The number of hydrogen-bond acceptors (Lipinski definition) is 10. The third kappa shape index (κ3) is 21.6. The van der Waals surface area contributed by atoms with Gasteiger partial charge in [-0.05, 0) is 19.3 Å².